The highest BCUT2D eigenvalue weighted by Gasteiger charge is 2.34. The lowest BCUT2D eigenvalue weighted by Gasteiger charge is -2.24. The summed E-state index contributed by atoms with van der Waals surface area (Å²) in [5.41, 5.74) is 0.683. The highest BCUT2D eigenvalue weighted by molar-refractivity contribution is 6.01. The van der Waals surface area contributed by atoms with Crippen LogP contribution in [0.3, 0.4) is 0 Å². The Labute approximate surface area is 138 Å². The highest BCUT2D eigenvalue weighted by atomic mass is 19.1. The lowest BCUT2D eigenvalue weighted by molar-refractivity contribution is -0.119. The SMILES string of the molecule is O=C(Nc1cccc(F)c1)C1CCCN1C(=O)c1ccc(F)cc1. The van der Waals surface area contributed by atoms with Crippen molar-refractivity contribution < 1.29 is 18.4 Å². The lowest BCUT2D eigenvalue weighted by Crippen LogP contribution is -2.43. The molecule has 2 amide bonds. The number of benzene rings is 2. The molecular weight excluding hydrogens is 314 g/mol. The number of carbonyl (C=O) groups excluding carboxylic acids is 2. The van der Waals surface area contributed by atoms with Crippen molar-refractivity contribution in [2.45, 2.75) is 18.9 Å². The van der Waals surface area contributed by atoms with Gasteiger partial charge in [0, 0.05) is 17.8 Å². The average molecular weight is 330 g/mol. The van der Waals surface area contributed by atoms with Crippen molar-refractivity contribution in [1.82, 2.24) is 4.90 Å². The fourth-order valence-electron chi connectivity index (χ4n) is 2.83. The number of anilines is 1. The molecular formula is C18H16F2N2O2. The maximum Gasteiger partial charge on any atom is 0.254 e. The number of carbonyl (C=O) groups is 2. The predicted molar refractivity (Wildman–Crippen MR) is 85.5 cm³/mol. The summed E-state index contributed by atoms with van der Waals surface area (Å²) in [7, 11) is 0. The number of nitrogens with one attached hydrogen (secondary N) is 1. The molecule has 24 heavy (non-hydrogen) atoms. The standard InChI is InChI=1S/C18H16F2N2O2/c19-13-8-6-12(7-9-13)18(24)22-10-2-5-16(22)17(23)21-15-4-1-3-14(20)11-15/h1,3-4,6-9,11,16H,2,5,10H2,(H,21,23). The molecule has 1 fully saturated rings. The van der Waals surface area contributed by atoms with Crippen molar-refractivity contribution in [3.05, 3.63) is 65.7 Å². The van der Waals surface area contributed by atoms with Crippen LogP contribution < -0.4 is 5.32 Å². The Balaban J connectivity index is 1.73. The van der Waals surface area contributed by atoms with Crippen LogP contribution in [0.1, 0.15) is 23.2 Å². The van der Waals surface area contributed by atoms with E-state index in [1.807, 2.05) is 0 Å². The number of hydrogen-bond donors (Lipinski definition) is 1. The second kappa shape index (κ2) is 6.78. The van der Waals surface area contributed by atoms with E-state index in [2.05, 4.69) is 5.32 Å². The summed E-state index contributed by atoms with van der Waals surface area (Å²) in [6.07, 6.45) is 1.24. The van der Waals surface area contributed by atoms with Crippen LogP contribution in [-0.2, 0) is 4.79 Å². The van der Waals surface area contributed by atoms with Crippen LogP contribution in [-0.4, -0.2) is 29.3 Å². The minimum absolute atomic E-state index is 0.313. The first-order valence-corrected chi connectivity index (χ1v) is 7.67. The monoisotopic (exact) mass is 330 g/mol. The minimum Gasteiger partial charge on any atom is -0.327 e. The van der Waals surface area contributed by atoms with E-state index in [0.29, 0.717) is 30.6 Å². The van der Waals surface area contributed by atoms with Crippen molar-refractivity contribution in [3.63, 3.8) is 0 Å². The van der Waals surface area contributed by atoms with Crippen molar-refractivity contribution in [2.75, 3.05) is 11.9 Å². The molecule has 2 aromatic rings. The van der Waals surface area contributed by atoms with Gasteiger partial charge in [0.2, 0.25) is 5.91 Å². The van der Waals surface area contributed by atoms with Gasteiger partial charge in [-0.15, -0.1) is 0 Å². The average Bonchev–Trinajstić information content (AvgIpc) is 3.04. The number of hydrogen-bond acceptors (Lipinski definition) is 2. The van der Waals surface area contributed by atoms with Crippen molar-refractivity contribution in [3.8, 4) is 0 Å². The van der Waals surface area contributed by atoms with Gasteiger partial charge in [-0.25, -0.2) is 8.78 Å². The summed E-state index contributed by atoms with van der Waals surface area (Å²) in [5.74, 6) is -1.53. The van der Waals surface area contributed by atoms with E-state index in [0.717, 1.165) is 0 Å². The van der Waals surface area contributed by atoms with Crippen LogP contribution in [0, 0.1) is 11.6 Å². The smallest absolute Gasteiger partial charge is 0.254 e. The van der Waals surface area contributed by atoms with Crippen LogP contribution in [0.4, 0.5) is 14.5 Å². The first kappa shape index (κ1) is 16.1. The summed E-state index contributed by atoms with van der Waals surface area (Å²) in [4.78, 5) is 26.5. The molecule has 1 atom stereocenters. The zero-order valence-corrected chi connectivity index (χ0v) is 12.8. The van der Waals surface area contributed by atoms with Gasteiger partial charge in [0.25, 0.3) is 5.91 Å². The van der Waals surface area contributed by atoms with E-state index in [1.165, 1.54) is 47.4 Å². The maximum absolute atomic E-state index is 13.2. The Kier molecular flexibility index (Phi) is 4.55. The zero-order chi connectivity index (χ0) is 17.1. The van der Waals surface area contributed by atoms with Crippen LogP contribution in [0.25, 0.3) is 0 Å². The summed E-state index contributed by atoms with van der Waals surface area (Å²) in [6.45, 7) is 0.456. The molecule has 1 unspecified atom stereocenters. The number of rotatable bonds is 3. The predicted octanol–water partition coefficient (Wildman–Crippen LogP) is 3.21. The van der Waals surface area contributed by atoms with Crippen molar-refractivity contribution in [2.24, 2.45) is 0 Å². The first-order valence-electron chi connectivity index (χ1n) is 7.67. The minimum atomic E-state index is -0.620. The summed E-state index contributed by atoms with van der Waals surface area (Å²) >= 11 is 0. The Morgan fingerprint density at radius 3 is 2.50 bits per heavy atom. The van der Waals surface area contributed by atoms with Crippen LogP contribution in [0.2, 0.25) is 0 Å². The van der Waals surface area contributed by atoms with E-state index < -0.39 is 17.7 Å². The molecule has 0 aromatic heterocycles. The van der Waals surface area contributed by atoms with Gasteiger partial charge in [-0.1, -0.05) is 6.07 Å². The molecule has 1 saturated heterocycles. The quantitative estimate of drug-likeness (QED) is 0.939. The second-order valence-corrected chi connectivity index (χ2v) is 5.66. The third-order valence-electron chi connectivity index (χ3n) is 4.00. The van der Waals surface area contributed by atoms with Gasteiger partial charge in [0.1, 0.15) is 17.7 Å². The zero-order valence-electron chi connectivity index (χ0n) is 12.8. The van der Waals surface area contributed by atoms with Gasteiger partial charge < -0.3 is 10.2 Å². The molecule has 0 radical (unpaired) electrons. The van der Waals surface area contributed by atoms with Crippen LogP contribution in [0.5, 0.6) is 0 Å². The number of nitrogens with zero attached hydrogens (tertiary/aromatic N) is 1. The third-order valence-corrected chi connectivity index (χ3v) is 4.00. The van der Waals surface area contributed by atoms with E-state index in [4.69, 9.17) is 0 Å². The van der Waals surface area contributed by atoms with Gasteiger partial charge >= 0.3 is 0 Å². The fourth-order valence-corrected chi connectivity index (χ4v) is 2.83. The molecule has 0 spiro atoms. The van der Waals surface area contributed by atoms with Crippen molar-refractivity contribution >= 4 is 17.5 Å². The van der Waals surface area contributed by atoms with E-state index in [1.54, 1.807) is 6.07 Å². The fraction of sp³-hybridized carbons (Fsp3) is 0.222. The maximum atomic E-state index is 13.2. The van der Waals surface area contributed by atoms with Gasteiger partial charge in [-0.3, -0.25) is 9.59 Å². The Morgan fingerprint density at radius 2 is 1.79 bits per heavy atom. The van der Waals surface area contributed by atoms with E-state index in [-0.39, 0.29) is 11.8 Å². The molecule has 3 rings (SSSR count). The molecule has 1 aliphatic heterocycles. The topological polar surface area (TPSA) is 49.4 Å². The molecule has 0 aliphatic carbocycles. The molecule has 6 heteroatoms. The Hall–Kier alpha value is -2.76. The summed E-state index contributed by atoms with van der Waals surface area (Å²) in [6, 6.07) is 10.2. The molecule has 0 saturated carbocycles. The molecule has 1 aliphatic rings. The molecule has 1 heterocycles. The lowest BCUT2D eigenvalue weighted by atomic mass is 10.1. The van der Waals surface area contributed by atoms with Crippen molar-refractivity contribution in [1.29, 1.82) is 0 Å². The molecule has 4 nitrogen and oxygen atoms in total. The molecule has 0 bridgehead atoms. The van der Waals surface area contributed by atoms with Gasteiger partial charge in [0.05, 0.1) is 0 Å². The normalized spacial score (nSPS) is 16.9. The summed E-state index contributed by atoms with van der Waals surface area (Å²) in [5, 5.41) is 2.64. The summed E-state index contributed by atoms with van der Waals surface area (Å²) < 4.78 is 26.2. The third kappa shape index (κ3) is 3.42. The van der Waals surface area contributed by atoms with Crippen LogP contribution >= 0.6 is 0 Å². The number of halogens is 2. The Bertz CT molecular complexity index is 762. The van der Waals surface area contributed by atoms with Gasteiger partial charge in [-0.2, -0.15) is 0 Å². The van der Waals surface area contributed by atoms with Crippen LogP contribution in [0.15, 0.2) is 48.5 Å². The van der Waals surface area contributed by atoms with Gasteiger partial charge in [-0.05, 0) is 55.3 Å². The number of amides is 2. The molecule has 2 aromatic carbocycles. The first-order chi connectivity index (χ1) is 11.5. The largest absolute Gasteiger partial charge is 0.327 e. The Morgan fingerprint density at radius 1 is 1.04 bits per heavy atom. The molecule has 124 valence electrons. The number of likely N-dealkylation sites (tertiary alicyclic amines) is 1. The molecule has 1 N–H and O–H groups in total. The highest BCUT2D eigenvalue weighted by Crippen LogP contribution is 2.22. The van der Waals surface area contributed by atoms with E-state index in [9.17, 15) is 18.4 Å². The van der Waals surface area contributed by atoms with Gasteiger partial charge in [0.15, 0.2) is 0 Å². The second-order valence-electron chi connectivity index (χ2n) is 5.66. The van der Waals surface area contributed by atoms with E-state index >= 15 is 0 Å².